The number of benzene rings is 2. The second-order valence-corrected chi connectivity index (χ2v) is 9.36. The van der Waals surface area contributed by atoms with E-state index in [1.807, 2.05) is 22.8 Å². The number of nitrogens with zero attached hydrogens (tertiary/aromatic N) is 6. The summed E-state index contributed by atoms with van der Waals surface area (Å²) in [6.07, 6.45) is 7.16. The first-order valence-electron chi connectivity index (χ1n) is 12.7. The third-order valence-corrected chi connectivity index (χ3v) is 6.32. The molecule has 8 heteroatoms. The molecule has 2 heterocycles. The minimum absolute atomic E-state index is 0.0190. The molecular formula is C27H35N7O. The second kappa shape index (κ2) is 11.7. The molecule has 0 saturated carbocycles. The van der Waals surface area contributed by atoms with Crippen molar-refractivity contribution < 1.29 is 0 Å². The van der Waals surface area contributed by atoms with Gasteiger partial charge in [-0.05, 0) is 33.5 Å². The van der Waals surface area contributed by atoms with Gasteiger partial charge in [0.1, 0.15) is 5.82 Å². The van der Waals surface area contributed by atoms with Gasteiger partial charge in [0, 0.05) is 18.0 Å². The third kappa shape index (κ3) is 5.93. The van der Waals surface area contributed by atoms with Gasteiger partial charge >= 0.3 is 5.69 Å². The number of hydrogen-bond acceptors (Lipinski definition) is 5. The average molecular weight is 474 g/mol. The van der Waals surface area contributed by atoms with Gasteiger partial charge in [0.2, 0.25) is 0 Å². The fourth-order valence-electron chi connectivity index (χ4n) is 4.41. The van der Waals surface area contributed by atoms with Crippen LogP contribution in [-0.2, 0) is 13.1 Å². The second-order valence-electron chi connectivity index (χ2n) is 9.36. The normalized spacial score (nSPS) is 11.4. The molecule has 0 aliphatic heterocycles. The van der Waals surface area contributed by atoms with E-state index in [9.17, 15) is 4.79 Å². The van der Waals surface area contributed by atoms with E-state index in [-0.39, 0.29) is 11.6 Å². The largest absolute Gasteiger partial charge is 0.346 e. The van der Waals surface area contributed by atoms with Gasteiger partial charge < -0.3 is 0 Å². The van der Waals surface area contributed by atoms with E-state index in [4.69, 9.17) is 0 Å². The lowest BCUT2D eigenvalue weighted by atomic mass is 9.98. The van der Waals surface area contributed by atoms with E-state index >= 15 is 0 Å². The summed E-state index contributed by atoms with van der Waals surface area (Å²) in [5.74, 6) is 1.65. The Balaban J connectivity index is 1.50. The number of H-pyrrole nitrogens is 1. The Labute approximate surface area is 206 Å². The number of unbranched alkanes of at least 4 members (excludes halogenated alkanes) is 5. The van der Waals surface area contributed by atoms with Crippen molar-refractivity contribution in [1.82, 2.24) is 35.0 Å². The Kier molecular flexibility index (Phi) is 8.23. The molecule has 0 unspecified atom stereocenters. The molecule has 2 aromatic heterocycles. The van der Waals surface area contributed by atoms with Crippen molar-refractivity contribution in [2.45, 2.75) is 78.3 Å². The van der Waals surface area contributed by atoms with Crippen LogP contribution in [0.1, 0.15) is 76.6 Å². The van der Waals surface area contributed by atoms with Crippen LogP contribution in [-0.4, -0.2) is 35.0 Å². The summed E-state index contributed by atoms with van der Waals surface area (Å²) in [6.45, 7) is 7.60. The van der Waals surface area contributed by atoms with Crippen molar-refractivity contribution in [3.63, 3.8) is 0 Å². The molecule has 0 amide bonds. The summed E-state index contributed by atoms with van der Waals surface area (Å²) in [4.78, 5) is 13.2. The summed E-state index contributed by atoms with van der Waals surface area (Å²) in [5, 5.41) is 19.0. The number of nitrogens with one attached hydrogen (secondary N) is 1. The zero-order chi connectivity index (χ0) is 24.6. The van der Waals surface area contributed by atoms with Crippen LogP contribution in [0.2, 0.25) is 0 Å². The first-order chi connectivity index (χ1) is 17.1. The van der Waals surface area contributed by atoms with Gasteiger partial charge in [-0.1, -0.05) is 101 Å². The Hall–Kier alpha value is -3.55. The Morgan fingerprint density at radius 3 is 2.31 bits per heavy atom. The van der Waals surface area contributed by atoms with Gasteiger partial charge in [0.25, 0.3) is 0 Å². The third-order valence-electron chi connectivity index (χ3n) is 6.32. The lowest BCUT2D eigenvalue weighted by Crippen LogP contribution is -2.26. The predicted molar refractivity (Wildman–Crippen MR) is 138 cm³/mol. The fourth-order valence-corrected chi connectivity index (χ4v) is 4.41. The quantitative estimate of drug-likeness (QED) is 0.277. The Morgan fingerprint density at radius 1 is 0.914 bits per heavy atom. The van der Waals surface area contributed by atoms with E-state index < -0.39 is 0 Å². The molecule has 0 aliphatic carbocycles. The first-order valence-corrected chi connectivity index (χ1v) is 12.7. The van der Waals surface area contributed by atoms with Gasteiger partial charge in [0.05, 0.1) is 6.54 Å². The highest BCUT2D eigenvalue weighted by atomic mass is 16.2. The highest BCUT2D eigenvalue weighted by Gasteiger charge is 2.17. The highest BCUT2D eigenvalue weighted by molar-refractivity contribution is 5.80. The Morgan fingerprint density at radius 2 is 1.63 bits per heavy atom. The molecule has 0 aliphatic rings. The van der Waals surface area contributed by atoms with Crippen LogP contribution < -0.4 is 5.69 Å². The predicted octanol–water partition coefficient (Wildman–Crippen LogP) is 5.42. The number of aromatic nitrogens is 7. The van der Waals surface area contributed by atoms with Crippen LogP contribution in [0.3, 0.4) is 0 Å². The summed E-state index contributed by atoms with van der Waals surface area (Å²) < 4.78 is 3.48. The number of aryl methyl sites for hydroxylation is 1. The van der Waals surface area contributed by atoms with Crippen molar-refractivity contribution in [2.24, 2.45) is 0 Å². The van der Waals surface area contributed by atoms with E-state index in [1.54, 1.807) is 4.68 Å². The van der Waals surface area contributed by atoms with Gasteiger partial charge in [-0.2, -0.15) is 5.10 Å². The lowest BCUT2D eigenvalue weighted by Gasteiger charge is -2.10. The molecule has 184 valence electrons. The van der Waals surface area contributed by atoms with Crippen molar-refractivity contribution >= 4 is 0 Å². The minimum atomic E-state index is -0.0190. The SMILES string of the molecule is CCCCCCCCn1nc(C(C)C)n(Cc2ccc(-c3ccccc3-c3nnn[nH]3)cc2)c1=O. The van der Waals surface area contributed by atoms with E-state index in [1.165, 1.54) is 25.7 Å². The molecule has 0 bridgehead atoms. The minimum Gasteiger partial charge on any atom is -0.274 e. The van der Waals surface area contributed by atoms with E-state index in [2.05, 4.69) is 76.8 Å². The van der Waals surface area contributed by atoms with Gasteiger partial charge in [-0.25, -0.2) is 14.6 Å². The zero-order valence-electron chi connectivity index (χ0n) is 20.9. The Bertz CT molecular complexity index is 1250. The van der Waals surface area contributed by atoms with Crippen LogP contribution in [0.25, 0.3) is 22.5 Å². The maximum atomic E-state index is 13.2. The summed E-state index contributed by atoms with van der Waals surface area (Å²) in [5.41, 5.74) is 4.10. The van der Waals surface area contributed by atoms with Gasteiger partial charge in [-0.3, -0.25) is 4.57 Å². The van der Waals surface area contributed by atoms with Crippen molar-refractivity contribution in [1.29, 1.82) is 0 Å². The number of tetrazole rings is 1. The molecular weight excluding hydrogens is 438 g/mol. The maximum absolute atomic E-state index is 13.2. The standard InChI is InChI=1S/C27H35N7O/c1-4-5-6-7-8-11-18-34-27(35)33(26(30-34)20(2)3)19-21-14-16-22(17-15-21)23-12-9-10-13-24(23)25-28-31-32-29-25/h9-10,12-17,20H,4-8,11,18-19H2,1-3H3,(H,28,29,31,32). The summed E-state index contributed by atoms with van der Waals surface area (Å²) in [6, 6.07) is 16.3. The summed E-state index contributed by atoms with van der Waals surface area (Å²) in [7, 11) is 0. The van der Waals surface area contributed by atoms with Crippen LogP contribution in [0.4, 0.5) is 0 Å². The highest BCUT2D eigenvalue weighted by Crippen LogP contribution is 2.29. The van der Waals surface area contributed by atoms with Crippen molar-refractivity contribution in [3.05, 3.63) is 70.4 Å². The number of hydrogen-bond donors (Lipinski definition) is 1. The summed E-state index contributed by atoms with van der Waals surface area (Å²) >= 11 is 0. The van der Waals surface area contributed by atoms with Crippen LogP contribution >= 0.6 is 0 Å². The van der Waals surface area contributed by atoms with Crippen molar-refractivity contribution in [2.75, 3.05) is 0 Å². The van der Waals surface area contributed by atoms with E-state index in [0.717, 1.165) is 40.9 Å². The van der Waals surface area contributed by atoms with Crippen LogP contribution in [0.5, 0.6) is 0 Å². The molecule has 4 rings (SSSR count). The maximum Gasteiger partial charge on any atom is 0.346 e. The van der Waals surface area contributed by atoms with E-state index in [0.29, 0.717) is 18.9 Å². The molecule has 4 aromatic rings. The van der Waals surface area contributed by atoms with Crippen LogP contribution in [0.15, 0.2) is 53.3 Å². The molecule has 0 spiro atoms. The zero-order valence-corrected chi connectivity index (χ0v) is 20.9. The number of aromatic amines is 1. The molecule has 8 nitrogen and oxygen atoms in total. The molecule has 2 aromatic carbocycles. The molecule has 0 radical (unpaired) electrons. The molecule has 35 heavy (non-hydrogen) atoms. The number of rotatable bonds is 12. The lowest BCUT2D eigenvalue weighted by molar-refractivity contribution is 0.510. The molecule has 0 fully saturated rings. The van der Waals surface area contributed by atoms with Crippen LogP contribution in [0, 0.1) is 0 Å². The fraction of sp³-hybridized carbons (Fsp3) is 0.444. The smallest absolute Gasteiger partial charge is 0.274 e. The average Bonchev–Trinajstić information content (AvgIpc) is 3.51. The molecule has 0 saturated heterocycles. The molecule has 1 N–H and O–H groups in total. The monoisotopic (exact) mass is 473 g/mol. The first kappa shape index (κ1) is 24.6. The van der Waals surface area contributed by atoms with Gasteiger partial charge in [0.15, 0.2) is 5.82 Å². The topological polar surface area (TPSA) is 94.3 Å². The van der Waals surface area contributed by atoms with Gasteiger partial charge in [-0.15, -0.1) is 5.10 Å². The van der Waals surface area contributed by atoms with Crippen molar-refractivity contribution in [3.8, 4) is 22.5 Å². The molecule has 0 atom stereocenters.